The second-order valence-electron chi connectivity index (χ2n) is 7.65. The minimum atomic E-state index is -4.35. The van der Waals surface area contributed by atoms with Crippen LogP contribution in [0.25, 0.3) is 22.0 Å². The maximum Gasteiger partial charge on any atom is 0.415 e. The van der Waals surface area contributed by atoms with Crippen LogP contribution >= 0.6 is 0 Å². The molecule has 154 valence electrons. The molecule has 2 aromatic heterocycles. The molecule has 0 bridgehead atoms. The molecular formula is C21H23F3N4O. The molecule has 0 amide bonds. The Bertz CT molecular complexity index is 1030. The molecule has 1 fully saturated rings. The summed E-state index contributed by atoms with van der Waals surface area (Å²) in [5.74, 6) is 0. The first-order valence-corrected chi connectivity index (χ1v) is 9.53. The molecule has 1 aromatic carbocycles. The van der Waals surface area contributed by atoms with Crippen molar-refractivity contribution < 1.29 is 17.9 Å². The van der Waals surface area contributed by atoms with Crippen LogP contribution in [-0.2, 0) is 18.3 Å². The number of nitrogens with zero attached hydrogens (tertiary/aromatic N) is 4. The van der Waals surface area contributed by atoms with Crippen LogP contribution in [0, 0.1) is 6.92 Å². The first kappa shape index (κ1) is 19.8. The highest BCUT2D eigenvalue weighted by molar-refractivity contribution is 5.95. The topological polar surface area (TPSA) is 43.2 Å². The zero-order chi connectivity index (χ0) is 20.8. The van der Waals surface area contributed by atoms with Gasteiger partial charge in [0.15, 0.2) is 6.10 Å². The van der Waals surface area contributed by atoms with Gasteiger partial charge in [-0.3, -0.25) is 14.6 Å². The first-order valence-electron chi connectivity index (χ1n) is 9.53. The number of benzene rings is 1. The van der Waals surface area contributed by atoms with Gasteiger partial charge in [-0.25, -0.2) is 0 Å². The number of hydrogen-bond donors (Lipinski definition) is 0. The van der Waals surface area contributed by atoms with Gasteiger partial charge in [0.1, 0.15) is 0 Å². The third-order valence-electron chi connectivity index (χ3n) is 5.44. The van der Waals surface area contributed by atoms with Gasteiger partial charge in [-0.2, -0.15) is 18.3 Å². The zero-order valence-electron chi connectivity index (χ0n) is 16.6. The predicted octanol–water partition coefficient (Wildman–Crippen LogP) is 4.10. The van der Waals surface area contributed by atoms with Crippen LogP contribution in [-0.4, -0.2) is 51.1 Å². The van der Waals surface area contributed by atoms with E-state index >= 15 is 0 Å². The number of morpholine rings is 1. The van der Waals surface area contributed by atoms with Crippen LogP contribution < -0.4 is 0 Å². The largest absolute Gasteiger partial charge is 0.415 e. The Morgan fingerprint density at radius 1 is 1.17 bits per heavy atom. The van der Waals surface area contributed by atoms with Crippen LogP contribution in [0.2, 0.25) is 0 Å². The van der Waals surface area contributed by atoms with Gasteiger partial charge < -0.3 is 4.74 Å². The maximum absolute atomic E-state index is 13.1. The number of fused-ring (bicyclic) bond motifs is 1. The summed E-state index contributed by atoms with van der Waals surface area (Å²) in [6, 6.07) is 7.86. The van der Waals surface area contributed by atoms with Crippen LogP contribution in [0.5, 0.6) is 0 Å². The quantitative estimate of drug-likeness (QED) is 0.659. The molecular weight excluding hydrogens is 381 g/mol. The van der Waals surface area contributed by atoms with E-state index in [0.717, 1.165) is 33.3 Å². The second kappa shape index (κ2) is 7.42. The fraction of sp³-hybridized carbons (Fsp3) is 0.429. The van der Waals surface area contributed by atoms with Crippen molar-refractivity contribution in [1.29, 1.82) is 0 Å². The van der Waals surface area contributed by atoms with E-state index in [2.05, 4.69) is 10.1 Å². The molecule has 1 saturated heterocycles. The number of aromatic nitrogens is 3. The van der Waals surface area contributed by atoms with Crippen molar-refractivity contribution in [3.05, 3.63) is 47.9 Å². The van der Waals surface area contributed by atoms with Crippen LogP contribution in [0.3, 0.4) is 0 Å². The maximum atomic E-state index is 13.1. The van der Waals surface area contributed by atoms with Gasteiger partial charge in [-0.1, -0.05) is 12.1 Å². The van der Waals surface area contributed by atoms with Gasteiger partial charge in [0.2, 0.25) is 0 Å². The monoisotopic (exact) mass is 404 g/mol. The highest BCUT2D eigenvalue weighted by Crippen LogP contribution is 2.31. The van der Waals surface area contributed by atoms with Gasteiger partial charge in [0.25, 0.3) is 0 Å². The molecule has 0 radical (unpaired) electrons. The third kappa shape index (κ3) is 4.00. The molecule has 1 aliphatic heterocycles. The van der Waals surface area contributed by atoms with E-state index in [1.165, 1.54) is 0 Å². The Balaban J connectivity index is 1.61. The summed E-state index contributed by atoms with van der Waals surface area (Å²) >= 11 is 0. The normalized spacial score (nSPS) is 21.0. The second-order valence-corrected chi connectivity index (χ2v) is 7.65. The van der Waals surface area contributed by atoms with E-state index in [4.69, 9.17) is 4.74 Å². The number of aryl methyl sites for hydroxylation is 1. The smallest absolute Gasteiger partial charge is 0.363 e. The SMILES string of the molecule is Cc1c(-c2ccnc3cc(CN4C[C@@H](C)O[C@@H](C(F)(F)F)C4)ccc23)cnn1C. The highest BCUT2D eigenvalue weighted by atomic mass is 19.4. The van der Waals surface area contributed by atoms with Crippen LogP contribution in [0.15, 0.2) is 36.7 Å². The number of alkyl halides is 3. The number of ether oxygens (including phenoxy) is 1. The summed E-state index contributed by atoms with van der Waals surface area (Å²) in [6.07, 6.45) is -2.97. The molecule has 0 unspecified atom stereocenters. The molecule has 5 nitrogen and oxygen atoms in total. The molecule has 0 N–H and O–H groups in total. The Kier molecular flexibility index (Phi) is 5.08. The minimum absolute atomic E-state index is 0.159. The summed E-state index contributed by atoms with van der Waals surface area (Å²) in [4.78, 5) is 6.27. The summed E-state index contributed by atoms with van der Waals surface area (Å²) in [5.41, 5.74) is 4.89. The summed E-state index contributed by atoms with van der Waals surface area (Å²) in [7, 11) is 1.90. The number of halogens is 3. The average Bonchev–Trinajstić information content (AvgIpc) is 2.98. The summed E-state index contributed by atoms with van der Waals surface area (Å²) < 4.78 is 46.2. The third-order valence-corrected chi connectivity index (χ3v) is 5.44. The molecule has 3 aromatic rings. The van der Waals surface area contributed by atoms with Gasteiger partial charge in [-0.05, 0) is 37.1 Å². The van der Waals surface area contributed by atoms with E-state index < -0.39 is 18.4 Å². The molecule has 0 aliphatic carbocycles. The first-order chi connectivity index (χ1) is 13.7. The van der Waals surface area contributed by atoms with Gasteiger partial charge in [-0.15, -0.1) is 0 Å². The van der Waals surface area contributed by atoms with Gasteiger partial charge in [0, 0.05) is 49.5 Å². The van der Waals surface area contributed by atoms with E-state index in [1.54, 1.807) is 18.0 Å². The fourth-order valence-electron chi connectivity index (χ4n) is 3.90. The molecule has 4 rings (SSSR count). The molecule has 8 heteroatoms. The molecule has 0 saturated carbocycles. The average molecular weight is 404 g/mol. The van der Waals surface area contributed by atoms with Crippen molar-refractivity contribution in [2.75, 3.05) is 13.1 Å². The van der Waals surface area contributed by atoms with Crippen LogP contribution in [0.1, 0.15) is 18.2 Å². The lowest BCUT2D eigenvalue weighted by atomic mass is 10.0. The van der Waals surface area contributed by atoms with Crippen LogP contribution in [0.4, 0.5) is 13.2 Å². The molecule has 29 heavy (non-hydrogen) atoms. The minimum Gasteiger partial charge on any atom is -0.363 e. The van der Waals surface area contributed by atoms with Crippen molar-refractivity contribution >= 4 is 10.9 Å². The van der Waals surface area contributed by atoms with Crippen molar-refractivity contribution in [3.63, 3.8) is 0 Å². The van der Waals surface area contributed by atoms with Gasteiger partial charge in [0.05, 0.1) is 17.8 Å². The highest BCUT2D eigenvalue weighted by Gasteiger charge is 2.44. The van der Waals surface area contributed by atoms with Crippen molar-refractivity contribution in [1.82, 2.24) is 19.7 Å². The number of pyridine rings is 1. The summed E-state index contributed by atoms with van der Waals surface area (Å²) in [5, 5.41) is 5.31. The van der Waals surface area contributed by atoms with E-state index in [0.29, 0.717) is 13.1 Å². The Morgan fingerprint density at radius 3 is 2.66 bits per heavy atom. The van der Waals surface area contributed by atoms with Crippen molar-refractivity contribution in [3.8, 4) is 11.1 Å². The lowest BCUT2D eigenvalue weighted by Crippen LogP contribution is -2.51. The van der Waals surface area contributed by atoms with Crippen molar-refractivity contribution in [2.45, 2.75) is 38.8 Å². The molecule has 0 spiro atoms. The van der Waals surface area contributed by atoms with Gasteiger partial charge >= 0.3 is 6.18 Å². The Morgan fingerprint density at radius 2 is 1.97 bits per heavy atom. The van der Waals surface area contributed by atoms with E-state index in [1.807, 2.05) is 49.1 Å². The Hall–Kier alpha value is -2.45. The fourth-order valence-corrected chi connectivity index (χ4v) is 3.90. The number of hydrogen-bond acceptors (Lipinski definition) is 4. The molecule has 3 heterocycles. The van der Waals surface area contributed by atoms with E-state index in [9.17, 15) is 13.2 Å². The van der Waals surface area contributed by atoms with E-state index in [-0.39, 0.29) is 6.54 Å². The lowest BCUT2D eigenvalue weighted by molar-refractivity contribution is -0.252. The number of rotatable bonds is 3. The lowest BCUT2D eigenvalue weighted by Gasteiger charge is -2.37. The van der Waals surface area contributed by atoms with Crippen molar-refractivity contribution in [2.24, 2.45) is 7.05 Å². The summed E-state index contributed by atoms with van der Waals surface area (Å²) in [6.45, 7) is 4.42. The predicted molar refractivity (Wildman–Crippen MR) is 104 cm³/mol. The molecule has 2 atom stereocenters. The standard InChI is InChI=1S/C21H23F3N4O/c1-13-10-28(12-20(29-13)21(22,23)24)11-15-4-5-17-16(6-7-25-19(17)8-15)18-9-26-27(3)14(18)2/h4-9,13,20H,10-12H2,1-3H3/t13-,20-/m1/s1. The molecule has 1 aliphatic rings. The Labute approximate surface area is 167 Å². The zero-order valence-corrected chi connectivity index (χ0v) is 16.6.